The van der Waals surface area contributed by atoms with Crippen molar-refractivity contribution in [3.63, 3.8) is 0 Å². The highest BCUT2D eigenvalue weighted by Crippen LogP contribution is 2.19. The van der Waals surface area contributed by atoms with E-state index >= 15 is 0 Å². The van der Waals surface area contributed by atoms with Gasteiger partial charge < -0.3 is 15.4 Å². The van der Waals surface area contributed by atoms with Crippen LogP contribution in [0.2, 0.25) is 0 Å². The summed E-state index contributed by atoms with van der Waals surface area (Å²) in [5, 5.41) is 7.50. The second-order valence-electron chi connectivity index (χ2n) is 5.59. The van der Waals surface area contributed by atoms with Crippen molar-refractivity contribution in [3.8, 4) is 5.75 Å². The van der Waals surface area contributed by atoms with Crippen LogP contribution in [0.5, 0.6) is 5.75 Å². The Morgan fingerprint density at radius 2 is 1.76 bits per heavy atom. The lowest BCUT2D eigenvalue weighted by Crippen LogP contribution is -2.22. The van der Waals surface area contributed by atoms with E-state index < -0.39 is 12.1 Å². The first-order valence-electron chi connectivity index (χ1n) is 7.69. The normalized spacial score (nSPS) is 16.1. The third-order valence-corrected chi connectivity index (χ3v) is 3.83. The number of carbonyl (C=O) groups excluding carboxylic acids is 3. The minimum absolute atomic E-state index is 0.148. The summed E-state index contributed by atoms with van der Waals surface area (Å²) in [5.74, 6) is 0.203. The van der Waals surface area contributed by atoms with Crippen LogP contribution in [0, 0.1) is 0 Å². The van der Waals surface area contributed by atoms with E-state index in [-0.39, 0.29) is 18.2 Å². The van der Waals surface area contributed by atoms with E-state index in [1.165, 1.54) is 0 Å². The molecule has 1 heterocycles. The molecule has 1 unspecified atom stereocenters. The summed E-state index contributed by atoms with van der Waals surface area (Å²) in [7, 11) is 1.59. The third-order valence-electron chi connectivity index (χ3n) is 3.83. The van der Waals surface area contributed by atoms with Crippen LogP contribution in [0.1, 0.15) is 17.2 Å². The third kappa shape index (κ3) is 3.95. The van der Waals surface area contributed by atoms with Crippen molar-refractivity contribution in [1.82, 2.24) is 10.6 Å². The number of hydrogen-bond donors (Lipinski definition) is 3. The van der Waals surface area contributed by atoms with Crippen LogP contribution >= 0.6 is 0 Å². The molecule has 7 nitrogen and oxygen atoms in total. The quantitative estimate of drug-likeness (QED) is 0.723. The molecule has 7 heteroatoms. The molecule has 1 aliphatic rings. The Bertz CT molecular complexity index is 800. The zero-order valence-corrected chi connectivity index (χ0v) is 13.5. The molecule has 4 amide bonds. The maximum absolute atomic E-state index is 12.1. The second kappa shape index (κ2) is 7.04. The summed E-state index contributed by atoms with van der Waals surface area (Å²) in [6.07, 6.45) is 0.243. The Balaban J connectivity index is 1.59. The zero-order chi connectivity index (χ0) is 17.8. The molecule has 1 saturated heterocycles. The molecule has 3 N–H and O–H groups in total. The van der Waals surface area contributed by atoms with Crippen LogP contribution < -0.4 is 20.7 Å². The number of benzene rings is 2. The number of imide groups is 1. The standard InChI is InChI=1S/C18H17N3O4/c1-25-14-8-2-11(3-9-14)10-15(22)19-13-6-4-12(5-7-13)16-17(23)21-18(24)20-16/h2-9,16H,10H2,1H3,(H,19,22)(H2,20,21,23,24). The highest BCUT2D eigenvalue weighted by molar-refractivity contribution is 6.04. The topological polar surface area (TPSA) is 96.5 Å². The monoisotopic (exact) mass is 339 g/mol. The van der Waals surface area contributed by atoms with Crippen LogP contribution in [0.25, 0.3) is 0 Å². The van der Waals surface area contributed by atoms with Crippen LogP contribution in [0.15, 0.2) is 48.5 Å². The highest BCUT2D eigenvalue weighted by Gasteiger charge is 2.30. The molecule has 25 heavy (non-hydrogen) atoms. The number of hydrogen-bond acceptors (Lipinski definition) is 4. The van der Waals surface area contributed by atoms with E-state index in [9.17, 15) is 14.4 Å². The van der Waals surface area contributed by atoms with Crippen LogP contribution in [0.3, 0.4) is 0 Å². The lowest BCUT2D eigenvalue weighted by Gasteiger charge is -2.10. The molecule has 1 fully saturated rings. The molecule has 3 rings (SSSR count). The number of methoxy groups -OCH3 is 1. The van der Waals surface area contributed by atoms with Crippen molar-refractivity contribution in [2.24, 2.45) is 0 Å². The van der Waals surface area contributed by atoms with Gasteiger partial charge in [-0.15, -0.1) is 0 Å². The summed E-state index contributed by atoms with van der Waals surface area (Å²) < 4.78 is 5.08. The van der Waals surface area contributed by atoms with E-state index in [1.807, 2.05) is 12.1 Å². The van der Waals surface area contributed by atoms with Gasteiger partial charge in [-0.3, -0.25) is 14.9 Å². The van der Waals surface area contributed by atoms with Crippen molar-refractivity contribution in [3.05, 3.63) is 59.7 Å². The molecule has 128 valence electrons. The molecule has 0 spiro atoms. The maximum atomic E-state index is 12.1. The minimum atomic E-state index is -0.698. The van der Waals surface area contributed by atoms with Gasteiger partial charge in [0.15, 0.2) is 0 Å². The number of anilines is 1. The van der Waals surface area contributed by atoms with Crippen molar-refractivity contribution in [1.29, 1.82) is 0 Å². The van der Waals surface area contributed by atoms with Crippen molar-refractivity contribution >= 4 is 23.5 Å². The van der Waals surface area contributed by atoms with E-state index in [4.69, 9.17) is 4.74 Å². The number of nitrogens with one attached hydrogen (secondary N) is 3. The van der Waals surface area contributed by atoms with Gasteiger partial charge in [0.25, 0.3) is 5.91 Å². The molecular formula is C18H17N3O4. The number of amides is 4. The molecule has 2 aromatic rings. The Morgan fingerprint density at radius 3 is 2.32 bits per heavy atom. The van der Waals surface area contributed by atoms with Gasteiger partial charge in [-0.1, -0.05) is 24.3 Å². The summed E-state index contributed by atoms with van der Waals surface area (Å²) in [4.78, 5) is 34.9. The lowest BCUT2D eigenvalue weighted by atomic mass is 10.1. The van der Waals surface area contributed by atoms with Gasteiger partial charge in [-0.25, -0.2) is 4.79 Å². The summed E-state index contributed by atoms with van der Waals surface area (Å²) >= 11 is 0. The van der Waals surface area contributed by atoms with Gasteiger partial charge in [0.1, 0.15) is 11.8 Å². The van der Waals surface area contributed by atoms with Gasteiger partial charge >= 0.3 is 6.03 Å². The average molecular weight is 339 g/mol. The lowest BCUT2D eigenvalue weighted by molar-refractivity contribution is -0.120. The van der Waals surface area contributed by atoms with E-state index in [1.54, 1.807) is 43.5 Å². The van der Waals surface area contributed by atoms with Crippen LogP contribution in [-0.2, 0) is 16.0 Å². The van der Waals surface area contributed by atoms with Crippen molar-refractivity contribution < 1.29 is 19.1 Å². The fourth-order valence-corrected chi connectivity index (χ4v) is 2.54. The summed E-state index contributed by atoms with van der Waals surface area (Å²) in [6.45, 7) is 0. The van der Waals surface area contributed by atoms with Gasteiger partial charge in [-0.05, 0) is 35.4 Å². The zero-order valence-electron chi connectivity index (χ0n) is 13.5. The van der Waals surface area contributed by atoms with Gasteiger partial charge in [0, 0.05) is 5.69 Å². The average Bonchev–Trinajstić information content (AvgIpc) is 2.94. The Morgan fingerprint density at radius 1 is 1.08 bits per heavy atom. The smallest absolute Gasteiger partial charge is 0.322 e. The van der Waals surface area contributed by atoms with Gasteiger partial charge in [0.05, 0.1) is 13.5 Å². The second-order valence-corrected chi connectivity index (χ2v) is 5.59. The largest absolute Gasteiger partial charge is 0.497 e. The maximum Gasteiger partial charge on any atom is 0.322 e. The molecule has 0 bridgehead atoms. The molecule has 0 saturated carbocycles. The van der Waals surface area contributed by atoms with E-state index in [0.29, 0.717) is 11.3 Å². The van der Waals surface area contributed by atoms with Crippen LogP contribution in [0.4, 0.5) is 10.5 Å². The summed E-state index contributed by atoms with van der Waals surface area (Å²) in [6, 6.07) is 12.8. The molecular weight excluding hydrogens is 322 g/mol. The Kier molecular flexibility index (Phi) is 4.65. The minimum Gasteiger partial charge on any atom is -0.497 e. The fourth-order valence-electron chi connectivity index (χ4n) is 2.54. The summed E-state index contributed by atoms with van der Waals surface area (Å²) in [5.41, 5.74) is 2.14. The highest BCUT2D eigenvalue weighted by atomic mass is 16.5. The first-order valence-corrected chi connectivity index (χ1v) is 7.69. The van der Waals surface area contributed by atoms with Gasteiger partial charge in [0.2, 0.25) is 5.91 Å². The molecule has 0 radical (unpaired) electrons. The predicted octanol–water partition coefficient (Wildman–Crippen LogP) is 1.76. The molecule has 0 aromatic heterocycles. The fraction of sp³-hybridized carbons (Fsp3) is 0.167. The Hall–Kier alpha value is -3.35. The van der Waals surface area contributed by atoms with E-state index in [0.717, 1.165) is 11.3 Å². The molecule has 0 aliphatic carbocycles. The van der Waals surface area contributed by atoms with Crippen molar-refractivity contribution in [2.45, 2.75) is 12.5 Å². The molecule has 1 aliphatic heterocycles. The van der Waals surface area contributed by atoms with Crippen molar-refractivity contribution in [2.75, 3.05) is 12.4 Å². The predicted molar refractivity (Wildman–Crippen MR) is 91.2 cm³/mol. The Labute approximate surface area is 144 Å². The first-order chi connectivity index (χ1) is 12.0. The SMILES string of the molecule is COc1ccc(CC(=O)Nc2ccc(C3NC(=O)NC3=O)cc2)cc1. The molecule has 1 atom stereocenters. The first kappa shape index (κ1) is 16.5. The number of carbonyl (C=O) groups is 3. The van der Waals surface area contributed by atoms with E-state index in [2.05, 4.69) is 16.0 Å². The number of rotatable bonds is 5. The number of ether oxygens (including phenoxy) is 1. The van der Waals surface area contributed by atoms with Crippen LogP contribution in [-0.4, -0.2) is 25.0 Å². The number of urea groups is 1. The molecule has 2 aromatic carbocycles. The van der Waals surface area contributed by atoms with Gasteiger partial charge in [-0.2, -0.15) is 0 Å².